The number of nitrogens with zero attached hydrogens (tertiary/aromatic N) is 1. The molecule has 3 aromatic rings. The van der Waals surface area contributed by atoms with E-state index in [9.17, 15) is 4.79 Å². The lowest BCUT2D eigenvalue weighted by atomic mass is 9.87. The Morgan fingerprint density at radius 2 is 1.89 bits per heavy atom. The van der Waals surface area contributed by atoms with Crippen LogP contribution in [0, 0.1) is 12.8 Å². The topological polar surface area (TPSA) is 54.0 Å². The van der Waals surface area contributed by atoms with Crippen LogP contribution in [0.25, 0.3) is 11.1 Å². The third kappa shape index (κ3) is 3.93. The first-order valence-corrected chi connectivity index (χ1v) is 9.78. The molecule has 2 unspecified atom stereocenters. The highest BCUT2D eigenvalue weighted by atomic mass is 35.5. The molecular formula is C23H22ClN3O. The molecule has 1 saturated heterocycles. The lowest BCUT2D eigenvalue weighted by molar-refractivity contribution is -0.119. The van der Waals surface area contributed by atoms with Gasteiger partial charge in [0.15, 0.2) is 0 Å². The van der Waals surface area contributed by atoms with Crippen molar-refractivity contribution in [2.24, 2.45) is 5.92 Å². The highest BCUT2D eigenvalue weighted by Crippen LogP contribution is 2.34. The van der Waals surface area contributed by atoms with E-state index in [1.165, 1.54) is 0 Å². The van der Waals surface area contributed by atoms with Gasteiger partial charge in [-0.05, 0) is 59.5 Å². The Morgan fingerprint density at radius 1 is 1.07 bits per heavy atom. The van der Waals surface area contributed by atoms with E-state index in [1.54, 1.807) is 12.4 Å². The van der Waals surface area contributed by atoms with Crippen LogP contribution < -0.4 is 10.6 Å². The molecular weight excluding hydrogens is 370 g/mol. The van der Waals surface area contributed by atoms with Gasteiger partial charge in [0.25, 0.3) is 0 Å². The average Bonchev–Trinajstić information content (AvgIpc) is 3.18. The van der Waals surface area contributed by atoms with Crippen LogP contribution in [0.5, 0.6) is 0 Å². The molecule has 1 amide bonds. The summed E-state index contributed by atoms with van der Waals surface area (Å²) in [6, 6.07) is 17.8. The highest BCUT2D eigenvalue weighted by molar-refractivity contribution is 6.31. The number of halogens is 1. The van der Waals surface area contributed by atoms with Gasteiger partial charge in [-0.2, -0.15) is 0 Å². The van der Waals surface area contributed by atoms with Crippen molar-refractivity contribution in [3.8, 4) is 11.1 Å². The Morgan fingerprint density at radius 3 is 2.68 bits per heavy atom. The van der Waals surface area contributed by atoms with Crippen molar-refractivity contribution < 1.29 is 4.79 Å². The molecule has 0 aliphatic carbocycles. The van der Waals surface area contributed by atoms with Gasteiger partial charge in [-0.25, -0.2) is 0 Å². The van der Waals surface area contributed by atoms with E-state index in [0.29, 0.717) is 6.54 Å². The van der Waals surface area contributed by atoms with Crippen molar-refractivity contribution in [3.63, 3.8) is 0 Å². The first-order chi connectivity index (χ1) is 13.6. The van der Waals surface area contributed by atoms with Gasteiger partial charge in [0.1, 0.15) is 0 Å². The molecule has 142 valence electrons. The Labute approximate surface area is 170 Å². The van der Waals surface area contributed by atoms with E-state index in [0.717, 1.165) is 39.5 Å². The molecule has 5 heteroatoms. The number of rotatable bonds is 4. The van der Waals surface area contributed by atoms with E-state index in [1.807, 2.05) is 61.5 Å². The predicted molar refractivity (Wildman–Crippen MR) is 114 cm³/mol. The van der Waals surface area contributed by atoms with E-state index >= 15 is 0 Å². The minimum Gasteiger partial charge on any atom is -0.326 e. The summed E-state index contributed by atoms with van der Waals surface area (Å²) in [5.41, 5.74) is 5.05. The zero-order valence-electron chi connectivity index (χ0n) is 15.7. The second-order valence-corrected chi connectivity index (χ2v) is 7.61. The zero-order valence-corrected chi connectivity index (χ0v) is 16.4. The van der Waals surface area contributed by atoms with E-state index in [2.05, 4.69) is 15.6 Å². The Kier molecular flexibility index (Phi) is 5.42. The van der Waals surface area contributed by atoms with Crippen molar-refractivity contribution in [1.82, 2.24) is 10.3 Å². The van der Waals surface area contributed by atoms with Crippen LogP contribution in [-0.4, -0.2) is 24.0 Å². The molecule has 1 fully saturated rings. The maximum Gasteiger partial charge on any atom is 0.229 e. The number of pyridine rings is 1. The fraction of sp³-hybridized carbons (Fsp3) is 0.217. The minimum atomic E-state index is -0.162. The quantitative estimate of drug-likeness (QED) is 0.680. The number of aryl methyl sites for hydroxylation is 1. The molecule has 1 aliphatic heterocycles. The number of hydrogen-bond acceptors (Lipinski definition) is 3. The maximum absolute atomic E-state index is 13.0. The van der Waals surface area contributed by atoms with Gasteiger partial charge >= 0.3 is 0 Å². The van der Waals surface area contributed by atoms with Gasteiger partial charge in [-0.3, -0.25) is 9.78 Å². The molecule has 2 heterocycles. The van der Waals surface area contributed by atoms with E-state index in [4.69, 9.17) is 11.6 Å². The molecule has 0 spiro atoms. The number of hydrogen-bond donors (Lipinski definition) is 2. The molecule has 1 aromatic heterocycles. The zero-order chi connectivity index (χ0) is 19.5. The number of nitrogens with one attached hydrogen (secondary N) is 2. The number of amides is 1. The van der Waals surface area contributed by atoms with Gasteiger partial charge in [-0.1, -0.05) is 35.9 Å². The summed E-state index contributed by atoms with van der Waals surface area (Å²) in [5.74, 6) is -0.0835. The summed E-state index contributed by atoms with van der Waals surface area (Å²) in [5, 5.41) is 7.16. The fourth-order valence-corrected chi connectivity index (χ4v) is 4.14. The van der Waals surface area contributed by atoms with Crippen LogP contribution in [0.2, 0.25) is 5.02 Å². The summed E-state index contributed by atoms with van der Waals surface area (Å²) < 4.78 is 0. The standard InChI is InChI=1S/C23H22ClN3O/c1-15-5-6-19(22(24)11-15)20-13-26-14-21(20)23(28)27-18-4-2-3-17(12-18)16-7-9-25-10-8-16/h2-12,20-21,26H,13-14H2,1H3,(H,27,28). The van der Waals surface area contributed by atoms with Crippen molar-refractivity contribution in [2.45, 2.75) is 12.8 Å². The molecule has 4 nitrogen and oxygen atoms in total. The molecule has 0 saturated carbocycles. The van der Waals surface area contributed by atoms with Gasteiger partial charge in [-0.15, -0.1) is 0 Å². The largest absolute Gasteiger partial charge is 0.326 e. The van der Waals surface area contributed by atoms with Crippen LogP contribution in [-0.2, 0) is 4.79 Å². The fourth-order valence-electron chi connectivity index (χ4n) is 3.77. The number of anilines is 1. The maximum atomic E-state index is 13.0. The summed E-state index contributed by atoms with van der Waals surface area (Å²) in [6.07, 6.45) is 3.53. The highest BCUT2D eigenvalue weighted by Gasteiger charge is 2.35. The summed E-state index contributed by atoms with van der Waals surface area (Å²) in [7, 11) is 0. The Bertz CT molecular complexity index is 990. The number of aromatic nitrogens is 1. The summed E-state index contributed by atoms with van der Waals surface area (Å²) >= 11 is 6.46. The molecule has 4 rings (SSSR count). The van der Waals surface area contributed by atoms with E-state index < -0.39 is 0 Å². The first kappa shape index (κ1) is 18.7. The molecule has 1 aliphatic rings. The number of carbonyl (C=O) groups excluding carboxylic acids is 1. The second-order valence-electron chi connectivity index (χ2n) is 7.20. The van der Waals surface area contributed by atoms with Crippen molar-refractivity contribution >= 4 is 23.2 Å². The van der Waals surface area contributed by atoms with Crippen LogP contribution in [0.1, 0.15) is 17.0 Å². The third-order valence-electron chi connectivity index (χ3n) is 5.25. The van der Waals surface area contributed by atoms with Crippen LogP contribution >= 0.6 is 11.6 Å². The van der Waals surface area contributed by atoms with Gasteiger partial charge in [0.2, 0.25) is 5.91 Å². The summed E-state index contributed by atoms with van der Waals surface area (Å²) in [4.78, 5) is 17.1. The average molecular weight is 392 g/mol. The van der Waals surface area contributed by atoms with Crippen LogP contribution in [0.15, 0.2) is 67.0 Å². The van der Waals surface area contributed by atoms with Gasteiger partial charge < -0.3 is 10.6 Å². The second kappa shape index (κ2) is 8.13. The van der Waals surface area contributed by atoms with Gasteiger partial charge in [0.05, 0.1) is 5.92 Å². The molecule has 28 heavy (non-hydrogen) atoms. The predicted octanol–water partition coefficient (Wildman–Crippen LogP) is 4.65. The molecule has 0 bridgehead atoms. The number of benzene rings is 2. The minimum absolute atomic E-state index is 0.0125. The SMILES string of the molecule is Cc1ccc(C2CNCC2C(=O)Nc2cccc(-c3ccncc3)c2)c(Cl)c1. The van der Waals surface area contributed by atoms with E-state index in [-0.39, 0.29) is 17.7 Å². The van der Waals surface area contributed by atoms with Crippen LogP contribution in [0.3, 0.4) is 0 Å². The first-order valence-electron chi connectivity index (χ1n) is 9.40. The van der Waals surface area contributed by atoms with Crippen molar-refractivity contribution in [2.75, 3.05) is 18.4 Å². The van der Waals surface area contributed by atoms with Gasteiger partial charge in [0, 0.05) is 42.1 Å². The molecule has 0 radical (unpaired) electrons. The molecule has 2 atom stereocenters. The lowest BCUT2D eigenvalue weighted by Gasteiger charge is -2.20. The Balaban J connectivity index is 1.53. The molecule has 2 aromatic carbocycles. The molecule has 2 N–H and O–H groups in total. The number of carbonyl (C=O) groups is 1. The third-order valence-corrected chi connectivity index (χ3v) is 5.58. The van der Waals surface area contributed by atoms with Crippen molar-refractivity contribution in [3.05, 3.63) is 83.1 Å². The monoisotopic (exact) mass is 391 g/mol. The lowest BCUT2D eigenvalue weighted by Crippen LogP contribution is -2.28. The van der Waals surface area contributed by atoms with Crippen LogP contribution in [0.4, 0.5) is 5.69 Å². The summed E-state index contributed by atoms with van der Waals surface area (Å²) in [6.45, 7) is 3.41. The smallest absolute Gasteiger partial charge is 0.229 e. The van der Waals surface area contributed by atoms with Crippen molar-refractivity contribution in [1.29, 1.82) is 0 Å². The Hall–Kier alpha value is -2.69. The normalized spacial score (nSPS) is 18.8.